The van der Waals surface area contributed by atoms with E-state index in [4.69, 9.17) is 4.74 Å². The van der Waals surface area contributed by atoms with Gasteiger partial charge in [-0.2, -0.15) is 0 Å². The zero-order valence-electron chi connectivity index (χ0n) is 10.9. The van der Waals surface area contributed by atoms with Crippen LogP contribution in [0.4, 0.5) is 5.82 Å². The normalized spacial score (nSPS) is 10.2. The van der Waals surface area contributed by atoms with E-state index in [1.165, 1.54) is 4.57 Å². The van der Waals surface area contributed by atoms with Crippen LogP contribution in [0.25, 0.3) is 0 Å². The highest BCUT2D eigenvalue weighted by Gasteiger charge is 2.00. The predicted octanol–water partition coefficient (Wildman–Crippen LogP) is 1.66. The minimum absolute atomic E-state index is 0.119. The zero-order valence-corrected chi connectivity index (χ0v) is 10.9. The Kier molecular flexibility index (Phi) is 4.55. The van der Waals surface area contributed by atoms with Crippen molar-refractivity contribution in [2.45, 2.75) is 6.42 Å². The Bertz CT molecular complexity index is 566. The van der Waals surface area contributed by atoms with Crippen LogP contribution < -0.4 is 15.6 Å². The van der Waals surface area contributed by atoms with Gasteiger partial charge < -0.3 is 14.6 Å². The van der Waals surface area contributed by atoms with Gasteiger partial charge in [-0.15, -0.1) is 0 Å². The van der Waals surface area contributed by atoms with Gasteiger partial charge in [-0.25, -0.2) is 4.98 Å². The molecule has 1 heterocycles. The molecule has 0 saturated carbocycles. The summed E-state index contributed by atoms with van der Waals surface area (Å²) in [7, 11) is 1.70. The van der Waals surface area contributed by atoms with Gasteiger partial charge in [0.05, 0.1) is 6.61 Å². The molecular formula is C14H17N3O2. The van der Waals surface area contributed by atoms with Crippen LogP contribution in [0.2, 0.25) is 0 Å². The van der Waals surface area contributed by atoms with E-state index in [9.17, 15) is 4.79 Å². The molecular weight excluding hydrogens is 242 g/mol. The third-order valence-corrected chi connectivity index (χ3v) is 2.64. The van der Waals surface area contributed by atoms with Crippen molar-refractivity contribution < 1.29 is 4.74 Å². The van der Waals surface area contributed by atoms with Crippen LogP contribution in [0.5, 0.6) is 5.75 Å². The number of ether oxygens (including phenoxy) is 1. The molecule has 1 aromatic heterocycles. The molecule has 2 rings (SSSR count). The van der Waals surface area contributed by atoms with Crippen LogP contribution in [0.1, 0.15) is 6.42 Å². The lowest BCUT2D eigenvalue weighted by Gasteiger charge is -2.07. The molecule has 0 aliphatic heterocycles. The first-order chi connectivity index (χ1) is 9.27. The van der Waals surface area contributed by atoms with Gasteiger partial charge in [-0.05, 0) is 18.6 Å². The number of nitrogens with zero attached hydrogens (tertiary/aromatic N) is 2. The minimum Gasteiger partial charge on any atom is -0.494 e. The summed E-state index contributed by atoms with van der Waals surface area (Å²) in [5.41, 5.74) is -0.119. The van der Waals surface area contributed by atoms with E-state index in [2.05, 4.69) is 10.3 Å². The SMILES string of the molecule is Cn1ccnc(NCCCOc2ccccc2)c1=O. The summed E-state index contributed by atoms with van der Waals surface area (Å²) < 4.78 is 7.05. The smallest absolute Gasteiger partial charge is 0.293 e. The van der Waals surface area contributed by atoms with Crippen molar-refractivity contribution in [2.75, 3.05) is 18.5 Å². The number of aromatic nitrogens is 2. The number of hydrogen-bond acceptors (Lipinski definition) is 4. The van der Waals surface area contributed by atoms with Crippen LogP contribution in [-0.2, 0) is 7.05 Å². The standard InChI is InChI=1S/C14H17N3O2/c1-17-10-9-16-13(14(17)18)15-8-5-11-19-12-6-3-2-4-7-12/h2-4,6-7,9-10H,5,8,11H2,1H3,(H,15,16). The Labute approximate surface area is 111 Å². The van der Waals surface area contributed by atoms with Crippen LogP contribution >= 0.6 is 0 Å². The molecule has 5 heteroatoms. The first-order valence-corrected chi connectivity index (χ1v) is 6.21. The Hall–Kier alpha value is -2.30. The fourth-order valence-electron chi connectivity index (χ4n) is 1.60. The summed E-state index contributed by atoms with van der Waals surface area (Å²) >= 11 is 0. The summed E-state index contributed by atoms with van der Waals surface area (Å²) in [6, 6.07) is 9.66. The second kappa shape index (κ2) is 6.58. The lowest BCUT2D eigenvalue weighted by atomic mass is 10.3. The van der Waals surface area contributed by atoms with Gasteiger partial charge >= 0.3 is 0 Å². The summed E-state index contributed by atoms with van der Waals surface area (Å²) in [5.74, 6) is 1.24. The molecule has 1 aromatic carbocycles. The maximum atomic E-state index is 11.7. The first kappa shape index (κ1) is 13.1. The summed E-state index contributed by atoms with van der Waals surface area (Å²) in [6.45, 7) is 1.25. The number of rotatable bonds is 6. The van der Waals surface area contributed by atoms with E-state index in [-0.39, 0.29) is 5.56 Å². The number of anilines is 1. The molecule has 0 atom stereocenters. The molecule has 0 fully saturated rings. The molecule has 0 unspecified atom stereocenters. The van der Waals surface area contributed by atoms with E-state index in [0.29, 0.717) is 19.0 Å². The number of benzene rings is 1. The van der Waals surface area contributed by atoms with Crippen molar-refractivity contribution in [3.8, 4) is 5.75 Å². The second-order valence-corrected chi connectivity index (χ2v) is 4.13. The molecule has 0 bridgehead atoms. The number of para-hydroxylation sites is 1. The van der Waals surface area contributed by atoms with Crippen molar-refractivity contribution in [1.29, 1.82) is 0 Å². The van der Waals surface area contributed by atoms with E-state index < -0.39 is 0 Å². The van der Waals surface area contributed by atoms with E-state index in [0.717, 1.165) is 12.2 Å². The molecule has 0 saturated heterocycles. The fourth-order valence-corrected chi connectivity index (χ4v) is 1.60. The van der Waals surface area contributed by atoms with Crippen molar-refractivity contribution in [3.63, 3.8) is 0 Å². The molecule has 0 radical (unpaired) electrons. The lowest BCUT2D eigenvalue weighted by molar-refractivity contribution is 0.315. The van der Waals surface area contributed by atoms with Gasteiger partial charge in [-0.3, -0.25) is 4.79 Å². The Balaban J connectivity index is 1.73. The lowest BCUT2D eigenvalue weighted by Crippen LogP contribution is -2.22. The van der Waals surface area contributed by atoms with Gasteiger partial charge in [0.1, 0.15) is 5.75 Å². The van der Waals surface area contributed by atoms with Crippen molar-refractivity contribution in [2.24, 2.45) is 7.05 Å². The van der Waals surface area contributed by atoms with Crippen molar-refractivity contribution >= 4 is 5.82 Å². The highest BCUT2D eigenvalue weighted by molar-refractivity contribution is 5.30. The fraction of sp³-hybridized carbons (Fsp3) is 0.286. The van der Waals surface area contributed by atoms with Gasteiger partial charge in [0.25, 0.3) is 5.56 Å². The van der Waals surface area contributed by atoms with Crippen LogP contribution in [-0.4, -0.2) is 22.7 Å². The number of nitrogens with one attached hydrogen (secondary N) is 1. The van der Waals surface area contributed by atoms with Crippen molar-refractivity contribution in [1.82, 2.24) is 9.55 Å². The number of aryl methyl sites for hydroxylation is 1. The maximum Gasteiger partial charge on any atom is 0.293 e. The molecule has 19 heavy (non-hydrogen) atoms. The topological polar surface area (TPSA) is 56.1 Å². The molecule has 0 aliphatic carbocycles. The van der Waals surface area contributed by atoms with E-state index in [1.807, 2.05) is 30.3 Å². The third kappa shape index (κ3) is 3.84. The van der Waals surface area contributed by atoms with Crippen LogP contribution in [0, 0.1) is 0 Å². The minimum atomic E-state index is -0.119. The summed E-state index contributed by atoms with van der Waals surface area (Å²) in [4.78, 5) is 15.7. The third-order valence-electron chi connectivity index (χ3n) is 2.64. The Morgan fingerprint density at radius 1 is 1.32 bits per heavy atom. The molecule has 0 spiro atoms. The molecule has 5 nitrogen and oxygen atoms in total. The highest BCUT2D eigenvalue weighted by atomic mass is 16.5. The summed E-state index contributed by atoms with van der Waals surface area (Å²) in [6.07, 6.45) is 4.03. The average molecular weight is 259 g/mol. The first-order valence-electron chi connectivity index (χ1n) is 6.21. The molecule has 0 amide bonds. The van der Waals surface area contributed by atoms with E-state index in [1.54, 1.807) is 19.4 Å². The van der Waals surface area contributed by atoms with Crippen LogP contribution in [0.15, 0.2) is 47.5 Å². The predicted molar refractivity (Wildman–Crippen MR) is 74.5 cm³/mol. The maximum absolute atomic E-state index is 11.7. The van der Waals surface area contributed by atoms with Crippen molar-refractivity contribution in [3.05, 3.63) is 53.1 Å². The quantitative estimate of drug-likeness (QED) is 0.802. The number of hydrogen-bond donors (Lipinski definition) is 1. The van der Waals surface area contributed by atoms with E-state index >= 15 is 0 Å². The zero-order chi connectivity index (χ0) is 13.5. The summed E-state index contributed by atoms with van der Waals surface area (Å²) in [5, 5.41) is 3.02. The highest BCUT2D eigenvalue weighted by Crippen LogP contribution is 2.08. The molecule has 100 valence electrons. The van der Waals surface area contributed by atoms with Gasteiger partial charge in [0, 0.05) is 26.0 Å². The van der Waals surface area contributed by atoms with Gasteiger partial charge in [0.15, 0.2) is 5.82 Å². The van der Waals surface area contributed by atoms with Crippen LogP contribution in [0.3, 0.4) is 0 Å². The average Bonchev–Trinajstić information content (AvgIpc) is 2.44. The molecule has 0 aliphatic rings. The Morgan fingerprint density at radius 2 is 2.11 bits per heavy atom. The van der Waals surface area contributed by atoms with Gasteiger partial charge in [0.2, 0.25) is 0 Å². The largest absolute Gasteiger partial charge is 0.494 e. The van der Waals surface area contributed by atoms with Gasteiger partial charge in [-0.1, -0.05) is 18.2 Å². The molecule has 2 aromatic rings. The second-order valence-electron chi connectivity index (χ2n) is 4.13. The Morgan fingerprint density at radius 3 is 2.89 bits per heavy atom. The monoisotopic (exact) mass is 259 g/mol. The molecule has 1 N–H and O–H groups in total.